The molecule has 25 valence electrons. The summed E-state index contributed by atoms with van der Waals surface area (Å²) >= 11 is 0.265. The molecule has 0 aromatic heterocycles. The quantitative estimate of drug-likeness (QED) is 0.621. The van der Waals surface area contributed by atoms with Gasteiger partial charge in [0, 0.05) is 7.43 Å². The predicted octanol–water partition coefficient (Wildman–Crippen LogP) is -0.0858. The molecule has 0 saturated heterocycles. The Bertz CT molecular complexity index is 30.6. The van der Waals surface area contributed by atoms with Crippen LogP contribution < -0.4 is 0 Å². The first kappa shape index (κ1) is 9.04. The fourth-order valence-electron chi connectivity index (χ4n) is 0. The van der Waals surface area contributed by atoms with Crippen LogP contribution in [0.4, 0.5) is 4.79 Å². The van der Waals surface area contributed by atoms with Crippen LogP contribution in [-0.4, -0.2) is 34.4 Å². The number of carbonyl (C=O) groups is 1. The normalized spacial score (nSPS) is 5.00. The van der Waals surface area contributed by atoms with Crippen molar-refractivity contribution >= 4 is 29.3 Å². The molecule has 0 aliphatic heterocycles. The van der Waals surface area contributed by atoms with Gasteiger partial charge in [0.2, 0.25) is 0 Å². The third-order valence-corrected chi connectivity index (χ3v) is 0. The van der Waals surface area contributed by atoms with Crippen LogP contribution in [-0.2, 0) is 0 Å². The van der Waals surface area contributed by atoms with Gasteiger partial charge in [-0.05, 0) is 0 Å². The number of hydrogen-bond donors (Lipinski definition) is 1. The summed E-state index contributed by atoms with van der Waals surface area (Å²) in [6.07, 6.45) is 0. The van der Waals surface area contributed by atoms with Crippen molar-refractivity contribution in [2.75, 3.05) is 0 Å². The van der Waals surface area contributed by atoms with Crippen LogP contribution >= 0.6 is 0 Å². The van der Waals surface area contributed by atoms with Crippen molar-refractivity contribution in [2.45, 2.75) is 0 Å². The fraction of sp³-hybridized carbons (Fsp3) is 0. The van der Waals surface area contributed by atoms with Gasteiger partial charge in [-0.25, -0.2) is 0 Å². The average molecular weight is 264 g/mol. The van der Waals surface area contributed by atoms with Crippen molar-refractivity contribution in [3.05, 3.63) is 7.43 Å². The molecular formula is C2HO2Pb. The van der Waals surface area contributed by atoms with E-state index in [0.717, 1.165) is 0 Å². The van der Waals surface area contributed by atoms with Crippen molar-refractivity contribution in [3.8, 4) is 0 Å². The van der Waals surface area contributed by atoms with Gasteiger partial charge in [0.05, 0.1) is 0 Å². The Labute approximate surface area is 46.9 Å². The second-order valence-corrected chi connectivity index (χ2v) is 1.97. The van der Waals surface area contributed by atoms with E-state index >= 15 is 0 Å². The summed E-state index contributed by atoms with van der Waals surface area (Å²) in [7, 11) is 0. The van der Waals surface area contributed by atoms with E-state index in [1.165, 1.54) is 0 Å². The van der Waals surface area contributed by atoms with E-state index in [1.54, 1.807) is 0 Å². The summed E-state index contributed by atoms with van der Waals surface area (Å²) in [6.45, 7) is 0. The molecule has 0 spiro atoms. The molecule has 0 aromatic carbocycles. The van der Waals surface area contributed by atoms with E-state index in [2.05, 4.69) is 0 Å². The van der Waals surface area contributed by atoms with E-state index in [4.69, 9.17) is 9.90 Å². The van der Waals surface area contributed by atoms with E-state index < -0.39 is 3.53 Å². The van der Waals surface area contributed by atoms with E-state index in [9.17, 15) is 0 Å². The van der Waals surface area contributed by atoms with Crippen LogP contribution in [0.3, 0.4) is 0 Å². The number of hydrogen-bond acceptors (Lipinski definition) is 1. The van der Waals surface area contributed by atoms with Gasteiger partial charge in [-0.3, -0.25) is 0 Å². The maximum atomic E-state index is 9.06. The standard InChI is InChI=1S/CHO2.C.Pb/c2-1-3;;/h(H,2,3);;. The van der Waals surface area contributed by atoms with E-state index in [1.807, 2.05) is 0 Å². The van der Waals surface area contributed by atoms with E-state index in [0.29, 0.717) is 0 Å². The molecule has 0 rings (SSSR count). The molecule has 0 saturated carbocycles. The van der Waals surface area contributed by atoms with Gasteiger partial charge in [0.15, 0.2) is 0 Å². The number of carboxylic acid groups (broad SMARTS) is 1. The summed E-state index contributed by atoms with van der Waals surface area (Å²) in [5.74, 6) is 0. The predicted molar refractivity (Wildman–Crippen MR) is 17.0 cm³/mol. The fourth-order valence-corrected chi connectivity index (χ4v) is 0. The molecule has 0 atom stereocenters. The van der Waals surface area contributed by atoms with Crippen LogP contribution in [0.2, 0.25) is 0 Å². The van der Waals surface area contributed by atoms with Crippen LogP contribution in [0.15, 0.2) is 0 Å². The summed E-state index contributed by atoms with van der Waals surface area (Å²) in [4.78, 5) is 9.06. The van der Waals surface area contributed by atoms with Crippen molar-refractivity contribution in [1.82, 2.24) is 0 Å². The van der Waals surface area contributed by atoms with Gasteiger partial charge in [0.1, 0.15) is 0 Å². The first-order valence-electron chi connectivity index (χ1n) is 0.678. The molecule has 3 heteroatoms. The third kappa shape index (κ3) is 163. The molecular weight excluding hydrogens is 263 g/mol. The molecule has 7 radical (unpaired) electrons. The van der Waals surface area contributed by atoms with Crippen LogP contribution in [0.25, 0.3) is 0 Å². The van der Waals surface area contributed by atoms with Crippen molar-refractivity contribution < 1.29 is 9.90 Å². The molecule has 5 heavy (non-hydrogen) atoms. The van der Waals surface area contributed by atoms with Gasteiger partial charge in [-0.15, -0.1) is 0 Å². The number of rotatable bonds is 0. The zero-order valence-corrected chi connectivity index (χ0v) is 6.24. The Morgan fingerprint density at radius 1 is 1.80 bits per heavy atom. The van der Waals surface area contributed by atoms with Gasteiger partial charge >= 0.3 is 39.2 Å². The second kappa shape index (κ2) is 4.39. The molecule has 0 fully saturated rings. The summed E-state index contributed by atoms with van der Waals surface area (Å²) in [5, 5.41) is 7.48. The zero-order valence-electron chi connectivity index (χ0n) is 2.36. The van der Waals surface area contributed by atoms with Crippen LogP contribution in [0.5, 0.6) is 0 Å². The molecule has 1 N–H and O–H groups in total. The Morgan fingerprint density at radius 2 is 1.80 bits per heavy atom. The van der Waals surface area contributed by atoms with Crippen LogP contribution in [0.1, 0.15) is 0 Å². The molecule has 0 aliphatic carbocycles. The summed E-state index contributed by atoms with van der Waals surface area (Å²) < 4.78 is -0.694. The maximum absolute atomic E-state index is 9.06. The SMILES string of the molecule is O=[C](O)[Pb].[C]. The topological polar surface area (TPSA) is 37.3 Å². The van der Waals surface area contributed by atoms with E-state index in [-0.39, 0.29) is 33.2 Å². The zero-order chi connectivity index (χ0) is 3.58. The average Bonchev–Trinajstić information content (AvgIpc) is 0.811. The molecule has 0 heterocycles. The summed E-state index contributed by atoms with van der Waals surface area (Å²) in [5.41, 5.74) is 0. The molecule has 0 aromatic rings. The summed E-state index contributed by atoms with van der Waals surface area (Å²) in [6, 6.07) is 0. The van der Waals surface area contributed by atoms with Gasteiger partial charge in [0.25, 0.3) is 0 Å². The minimum absolute atomic E-state index is 0. The molecule has 0 bridgehead atoms. The molecule has 2 nitrogen and oxygen atoms in total. The van der Waals surface area contributed by atoms with Crippen molar-refractivity contribution in [2.24, 2.45) is 0 Å². The van der Waals surface area contributed by atoms with Crippen molar-refractivity contribution in [3.63, 3.8) is 0 Å². The molecule has 0 amide bonds. The third-order valence-electron chi connectivity index (χ3n) is 0. The largest absolute Gasteiger partial charge is 0 e. The Morgan fingerprint density at radius 3 is 1.80 bits per heavy atom. The van der Waals surface area contributed by atoms with Gasteiger partial charge in [-0.2, -0.15) is 0 Å². The monoisotopic (exact) mass is 265 g/mol. The smallest absolute Gasteiger partial charge is 0 e. The first-order chi connectivity index (χ1) is 1.73. The molecule has 0 unspecified atom stereocenters. The minimum atomic E-state index is -0.694. The Hall–Kier alpha value is 0.392. The first-order valence-corrected chi connectivity index (χ1v) is 2.62. The Kier molecular flexibility index (Phi) is 7.94. The molecule has 0 aliphatic rings. The van der Waals surface area contributed by atoms with Gasteiger partial charge in [-0.1, -0.05) is 0 Å². The van der Waals surface area contributed by atoms with Crippen LogP contribution in [0, 0.1) is 7.43 Å². The second-order valence-electron chi connectivity index (χ2n) is 0.305. The maximum Gasteiger partial charge on any atom is 0 e. The Balaban J connectivity index is 0. The minimum Gasteiger partial charge on any atom is 0 e. The van der Waals surface area contributed by atoms with Gasteiger partial charge < -0.3 is 0 Å². The van der Waals surface area contributed by atoms with Crippen molar-refractivity contribution in [1.29, 1.82) is 0 Å².